The van der Waals surface area contributed by atoms with Gasteiger partial charge in [0.25, 0.3) is 5.56 Å². The Morgan fingerprint density at radius 1 is 1.61 bits per heavy atom. The monoisotopic (exact) mass is 264 g/mol. The Kier molecular flexibility index (Phi) is 3.57. The highest BCUT2D eigenvalue weighted by Crippen LogP contribution is 2.11. The Morgan fingerprint density at radius 3 is 3.11 bits per heavy atom. The van der Waals surface area contributed by atoms with Crippen LogP contribution in [0, 0.1) is 6.92 Å². The van der Waals surface area contributed by atoms with E-state index in [4.69, 9.17) is 4.74 Å². The van der Waals surface area contributed by atoms with Crippen molar-refractivity contribution in [3.63, 3.8) is 0 Å². The zero-order valence-corrected chi connectivity index (χ0v) is 10.9. The fraction of sp³-hybridized carbons (Fsp3) is 0.250. The highest BCUT2D eigenvalue weighted by Gasteiger charge is 2.07. The van der Waals surface area contributed by atoms with Crippen LogP contribution in [-0.4, -0.2) is 15.4 Å². The van der Waals surface area contributed by atoms with Gasteiger partial charge in [-0.1, -0.05) is 6.08 Å². The maximum absolute atomic E-state index is 11.8. The predicted molar refractivity (Wildman–Crippen MR) is 68.7 cm³/mol. The summed E-state index contributed by atoms with van der Waals surface area (Å²) in [7, 11) is 0. The minimum atomic E-state index is -0.443. The van der Waals surface area contributed by atoms with Gasteiger partial charge in [0.1, 0.15) is 6.61 Å². The lowest BCUT2D eigenvalue weighted by Gasteiger charge is -2.02. The molecule has 0 atom stereocenters. The smallest absolute Gasteiger partial charge is 0.330 e. The fourth-order valence-electron chi connectivity index (χ4n) is 1.50. The molecule has 0 amide bonds. The van der Waals surface area contributed by atoms with E-state index in [2.05, 4.69) is 4.98 Å². The Bertz CT molecular complexity index is 670. The van der Waals surface area contributed by atoms with E-state index < -0.39 is 5.97 Å². The summed E-state index contributed by atoms with van der Waals surface area (Å²) in [4.78, 5) is 27.9. The van der Waals surface area contributed by atoms with Crippen LogP contribution in [0.25, 0.3) is 4.96 Å². The van der Waals surface area contributed by atoms with Crippen LogP contribution in [0.1, 0.15) is 18.3 Å². The number of aromatic nitrogens is 2. The molecule has 0 aliphatic carbocycles. The average Bonchev–Trinajstić information content (AvgIpc) is 2.69. The van der Waals surface area contributed by atoms with Crippen LogP contribution in [0.5, 0.6) is 0 Å². The number of esters is 1. The van der Waals surface area contributed by atoms with E-state index >= 15 is 0 Å². The first-order valence-corrected chi connectivity index (χ1v) is 6.26. The van der Waals surface area contributed by atoms with Crippen molar-refractivity contribution in [2.45, 2.75) is 20.5 Å². The summed E-state index contributed by atoms with van der Waals surface area (Å²) in [5.74, 6) is -0.443. The number of allylic oxidation sites excluding steroid dienone is 1. The molecule has 0 aromatic carbocycles. The lowest BCUT2D eigenvalue weighted by molar-refractivity contribution is -0.139. The molecule has 5 nitrogen and oxygen atoms in total. The third-order valence-corrected chi connectivity index (χ3v) is 3.24. The van der Waals surface area contributed by atoms with E-state index in [9.17, 15) is 9.59 Å². The van der Waals surface area contributed by atoms with E-state index in [1.807, 2.05) is 12.3 Å². The van der Waals surface area contributed by atoms with Crippen molar-refractivity contribution in [1.29, 1.82) is 0 Å². The molecule has 0 aliphatic heterocycles. The van der Waals surface area contributed by atoms with Gasteiger partial charge in [-0.2, -0.15) is 0 Å². The molecular weight excluding hydrogens is 252 g/mol. The number of hydrogen-bond donors (Lipinski definition) is 0. The Balaban J connectivity index is 2.25. The first-order chi connectivity index (χ1) is 8.61. The second-order valence-electron chi connectivity index (χ2n) is 3.69. The minimum Gasteiger partial charge on any atom is -0.456 e. The molecule has 0 saturated heterocycles. The summed E-state index contributed by atoms with van der Waals surface area (Å²) in [6.07, 6.45) is 2.91. The first-order valence-electron chi connectivity index (χ1n) is 5.38. The second-order valence-corrected chi connectivity index (χ2v) is 4.53. The third kappa shape index (κ3) is 2.48. The maximum atomic E-state index is 11.8. The summed E-state index contributed by atoms with van der Waals surface area (Å²) in [5.41, 5.74) is 1.15. The number of aryl methyl sites for hydroxylation is 1. The number of nitrogens with zero attached hydrogens (tertiary/aromatic N) is 2. The number of carbonyl (C=O) groups excluding carboxylic acids is 1. The zero-order valence-electron chi connectivity index (χ0n) is 10.0. The summed E-state index contributed by atoms with van der Waals surface area (Å²) in [5, 5.41) is 1.86. The molecular formula is C12H12N2O3S. The zero-order chi connectivity index (χ0) is 13.1. The van der Waals surface area contributed by atoms with Crippen molar-refractivity contribution >= 4 is 22.3 Å². The maximum Gasteiger partial charge on any atom is 0.330 e. The number of thiazole rings is 1. The van der Waals surface area contributed by atoms with Crippen LogP contribution in [0.15, 0.2) is 28.4 Å². The molecule has 0 N–H and O–H groups in total. The van der Waals surface area contributed by atoms with Crippen molar-refractivity contribution in [2.24, 2.45) is 0 Å². The Morgan fingerprint density at radius 2 is 2.39 bits per heavy atom. The van der Waals surface area contributed by atoms with Crippen molar-refractivity contribution in [2.75, 3.05) is 0 Å². The number of fused-ring (bicyclic) bond motifs is 1. The molecule has 2 aromatic rings. The molecule has 0 bridgehead atoms. The number of ether oxygens (including phenoxy) is 1. The lowest BCUT2D eigenvalue weighted by Crippen LogP contribution is -2.16. The van der Waals surface area contributed by atoms with E-state index in [1.165, 1.54) is 27.9 Å². The molecule has 0 saturated carbocycles. The SMILES string of the molecule is C/C=C/C(=O)OCc1cc(=O)n2c(C)csc2n1. The van der Waals surface area contributed by atoms with Crippen LogP contribution in [-0.2, 0) is 16.1 Å². The molecule has 2 rings (SSSR count). The van der Waals surface area contributed by atoms with Crippen molar-refractivity contribution in [1.82, 2.24) is 9.38 Å². The largest absolute Gasteiger partial charge is 0.456 e. The van der Waals surface area contributed by atoms with Gasteiger partial charge in [-0.25, -0.2) is 9.78 Å². The lowest BCUT2D eigenvalue weighted by atomic mass is 10.4. The van der Waals surface area contributed by atoms with Crippen molar-refractivity contribution < 1.29 is 9.53 Å². The molecule has 6 heteroatoms. The van der Waals surface area contributed by atoms with Gasteiger partial charge in [-0.15, -0.1) is 11.3 Å². The van der Waals surface area contributed by atoms with Gasteiger partial charge in [-0.05, 0) is 13.8 Å². The summed E-state index contributed by atoms with van der Waals surface area (Å²) >= 11 is 1.38. The quantitative estimate of drug-likeness (QED) is 0.625. The van der Waals surface area contributed by atoms with Gasteiger partial charge in [0.15, 0.2) is 4.96 Å². The highest BCUT2D eigenvalue weighted by molar-refractivity contribution is 7.15. The van der Waals surface area contributed by atoms with E-state index in [0.29, 0.717) is 10.7 Å². The van der Waals surface area contributed by atoms with Gasteiger partial charge < -0.3 is 4.74 Å². The normalized spacial score (nSPS) is 11.2. The van der Waals surface area contributed by atoms with Crippen LogP contribution in [0.2, 0.25) is 0 Å². The Hall–Kier alpha value is -1.95. The van der Waals surface area contributed by atoms with Gasteiger partial charge in [-0.3, -0.25) is 9.20 Å². The molecule has 2 heterocycles. The standard InChI is InChI=1S/C12H12N2O3S/c1-3-4-11(16)17-6-9-5-10(15)14-8(2)7-18-12(14)13-9/h3-5,7H,6H2,1-2H3/b4-3+. The molecule has 94 valence electrons. The van der Waals surface area contributed by atoms with Crippen molar-refractivity contribution in [3.05, 3.63) is 45.3 Å². The fourth-order valence-corrected chi connectivity index (χ4v) is 2.39. The van der Waals surface area contributed by atoms with E-state index in [-0.39, 0.29) is 12.2 Å². The third-order valence-electron chi connectivity index (χ3n) is 2.29. The molecule has 18 heavy (non-hydrogen) atoms. The summed E-state index contributed by atoms with van der Waals surface area (Å²) < 4.78 is 6.48. The van der Waals surface area contributed by atoms with E-state index in [1.54, 1.807) is 13.0 Å². The molecule has 0 spiro atoms. The number of carbonyl (C=O) groups is 1. The number of hydrogen-bond acceptors (Lipinski definition) is 5. The van der Waals surface area contributed by atoms with E-state index in [0.717, 1.165) is 5.69 Å². The minimum absolute atomic E-state index is 0.00581. The van der Waals surface area contributed by atoms with Gasteiger partial charge >= 0.3 is 5.97 Å². The Labute approximate surface area is 107 Å². The van der Waals surface area contributed by atoms with Gasteiger partial charge in [0, 0.05) is 23.2 Å². The summed E-state index contributed by atoms with van der Waals surface area (Å²) in [6.45, 7) is 3.58. The topological polar surface area (TPSA) is 60.7 Å². The van der Waals surface area contributed by atoms with Crippen LogP contribution >= 0.6 is 11.3 Å². The molecule has 0 unspecified atom stereocenters. The second kappa shape index (κ2) is 5.14. The van der Waals surface area contributed by atoms with Crippen molar-refractivity contribution in [3.8, 4) is 0 Å². The summed E-state index contributed by atoms with van der Waals surface area (Å²) in [6, 6.07) is 1.38. The molecule has 0 fully saturated rings. The molecule has 2 aromatic heterocycles. The van der Waals surface area contributed by atoms with Crippen LogP contribution < -0.4 is 5.56 Å². The average molecular weight is 264 g/mol. The van der Waals surface area contributed by atoms with Crippen LogP contribution in [0.4, 0.5) is 0 Å². The highest BCUT2D eigenvalue weighted by atomic mass is 32.1. The first kappa shape index (κ1) is 12.5. The van der Waals surface area contributed by atoms with Gasteiger partial charge in [0.2, 0.25) is 0 Å². The number of rotatable bonds is 3. The molecule has 0 radical (unpaired) electrons. The molecule has 0 aliphatic rings. The predicted octanol–water partition coefficient (Wildman–Crippen LogP) is 1.68. The van der Waals surface area contributed by atoms with Crippen LogP contribution in [0.3, 0.4) is 0 Å². The van der Waals surface area contributed by atoms with Gasteiger partial charge in [0.05, 0.1) is 5.69 Å².